The molecular weight excluding hydrogens is 155 g/mol. The Kier molecular flexibility index (Phi) is 2.78. The van der Waals surface area contributed by atoms with Gasteiger partial charge in [0.2, 0.25) is 0 Å². The van der Waals surface area contributed by atoms with Crippen LogP contribution in [0.15, 0.2) is 18.2 Å². The first-order valence-electron chi connectivity index (χ1n) is 3.59. The Bertz CT molecular complexity index is 268. The second-order valence-electron chi connectivity index (χ2n) is 2.72. The van der Waals surface area contributed by atoms with Crippen molar-refractivity contribution in [2.75, 3.05) is 0 Å². The van der Waals surface area contributed by atoms with Crippen LogP contribution in [0.4, 0.5) is 0 Å². The summed E-state index contributed by atoms with van der Waals surface area (Å²) < 4.78 is 10.3. The molecule has 0 spiro atoms. The number of benzene rings is 1. The van der Waals surface area contributed by atoms with Crippen molar-refractivity contribution >= 4 is 8.46 Å². The predicted molar refractivity (Wildman–Crippen MR) is 47.2 cm³/mol. The molecule has 0 saturated heterocycles. The van der Waals surface area contributed by atoms with Gasteiger partial charge in [0, 0.05) is 0 Å². The highest BCUT2D eigenvalue weighted by molar-refractivity contribution is 7.22. The molecule has 11 heavy (non-hydrogen) atoms. The van der Waals surface area contributed by atoms with Gasteiger partial charge in [-0.1, -0.05) is 23.8 Å². The second kappa shape index (κ2) is 3.64. The highest BCUT2D eigenvalue weighted by atomic mass is 31.1. The summed E-state index contributed by atoms with van der Waals surface area (Å²) in [7, 11) is 0.202. The topological polar surface area (TPSA) is 17.1 Å². The lowest BCUT2D eigenvalue weighted by Gasteiger charge is -2.01. The maximum Gasteiger partial charge on any atom is 0.160 e. The fourth-order valence-electron chi connectivity index (χ4n) is 1.09. The summed E-state index contributed by atoms with van der Waals surface area (Å²) in [6.07, 6.45) is 0.631. The van der Waals surface area contributed by atoms with Crippen LogP contribution in [0.5, 0.6) is 0 Å². The number of hydrogen-bond donors (Lipinski definition) is 0. The SMILES string of the molecule is Cc1ccc(CP=O)c(C)c1. The minimum atomic E-state index is 0.202. The van der Waals surface area contributed by atoms with Gasteiger partial charge in [0.05, 0.1) is 6.16 Å². The fraction of sp³-hybridized carbons (Fsp3) is 0.333. The molecule has 0 atom stereocenters. The lowest BCUT2D eigenvalue weighted by atomic mass is 10.1. The predicted octanol–water partition coefficient (Wildman–Crippen LogP) is 3.10. The number of aryl methyl sites for hydroxylation is 2. The van der Waals surface area contributed by atoms with E-state index in [1.54, 1.807) is 0 Å². The number of rotatable bonds is 2. The molecule has 1 aromatic rings. The molecule has 0 N–H and O–H groups in total. The Morgan fingerprint density at radius 3 is 2.64 bits per heavy atom. The van der Waals surface area contributed by atoms with E-state index in [1.807, 2.05) is 19.1 Å². The normalized spacial score (nSPS) is 10.4. The minimum absolute atomic E-state index is 0.202. The number of hydrogen-bond acceptors (Lipinski definition) is 1. The molecule has 0 fully saturated rings. The maximum absolute atomic E-state index is 10.3. The van der Waals surface area contributed by atoms with Crippen molar-refractivity contribution in [3.05, 3.63) is 34.9 Å². The van der Waals surface area contributed by atoms with E-state index in [0.29, 0.717) is 6.16 Å². The minimum Gasteiger partial charge on any atom is -0.275 e. The Labute approximate surface area is 68.6 Å². The molecule has 0 amide bonds. The van der Waals surface area contributed by atoms with Crippen LogP contribution < -0.4 is 0 Å². The van der Waals surface area contributed by atoms with E-state index >= 15 is 0 Å². The van der Waals surface area contributed by atoms with Crippen LogP contribution in [0, 0.1) is 13.8 Å². The lowest BCUT2D eigenvalue weighted by molar-refractivity contribution is 0.598. The summed E-state index contributed by atoms with van der Waals surface area (Å²) in [6.45, 7) is 4.11. The molecule has 0 unspecified atom stereocenters. The van der Waals surface area contributed by atoms with Gasteiger partial charge < -0.3 is 0 Å². The smallest absolute Gasteiger partial charge is 0.160 e. The quantitative estimate of drug-likeness (QED) is 0.617. The van der Waals surface area contributed by atoms with E-state index in [2.05, 4.69) is 13.0 Å². The monoisotopic (exact) mass is 166 g/mol. The summed E-state index contributed by atoms with van der Waals surface area (Å²) >= 11 is 0. The van der Waals surface area contributed by atoms with Gasteiger partial charge in [-0.15, -0.1) is 0 Å². The molecule has 0 heterocycles. The van der Waals surface area contributed by atoms with Crippen molar-refractivity contribution in [2.45, 2.75) is 20.0 Å². The molecule has 0 saturated carbocycles. The van der Waals surface area contributed by atoms with E-state index in [-0.39, 0.29) is 8.46 Å². The highest BCUT2D eigenvalue weighted by Crippen LogP contribution is 2.15. The highest BCUT2D eigenvalue weighted by Gasteiger charge is 1.96. The molecule has 0 aliphatic carbocycles. The Hall–Kier alpha value is -0.680. The van der Waals surface area contributed by atoms with E-state index in [9.17, 15) is 4.57 Å². The Balaban J connectivity index is 2.98. The molecular formula is C9H11OP. The average Bonchev–Trinajstić information content (AvgIpc) is 1.95. The zero-order chi connectivity index (χ0) is 8.27. The molecule has 0 aromatic heterocycles. The third-order valence-electron chi connectivity index (χ3n) is 1.73. The van der Waals surface area contributed by atoms with E-state index in [1.165, 1.54) is 16.7 Å². The third-order valence-corrected chi connectivity index (χ3v) is 2.20. The van der Waals surface area contributed by atoms with E-state index < -0.39 is 0 Å². The van der Waals surface area contributed by atoms with Crippen LogP contribution in [0.2, 0.25) is 0 Å². The van der Waals surface area contributed by atoms with Gasteiger partial charge >= 0.3 is 0 Å². The first-order chi connectivity index (χ1) is 5.24. The van der Waals surface area contributed by atoms with Crippen LogP contribution >= 0.6 is 8.46 Å². The van der Waals surface area contributed by atoms with Gasteiger partial charge in [-0.2, -0.15) is 0 Å². The van der Waals surface area contributed by atoms with Crippen LogP contribution in [-0.4, -0.2) is 0 Å². The van der Waals surface area contributed by atoms with Gasteiger partial charge in [0.15, 0.2) is 8.46 Å². The van der Waals surface area contributed by atoms with E-state index in [0.717, 1.165) is 0 Å². The summed E-state index contributed by atoms with van der Waals surface area (Å²) in [6, 6.07) is 6.20. The van der Waals surface area contributed by atoms with Crippen molar-refractivity contribution < 1.29 is 4.57 Å². The zero-order valence-corrected chi connectivity index (χ0v) is 7.69. The van der Waals surface area contributed by atoms with E-state index in [4.69, 9.17) is 0 Å². The third kappa shape index (κ3) is 2.13. The van der Waals surface area contributed by atoms with Crippen molar-refractivity contribution in [2.24, 2.45) is 0 Å². The Morgan fingerprint density at radius 1 is 1.36 bits per heavy atom. The lowest BCUT2D eigenvalue weighted by Crippen LogP contribution is -1.84. The fourth-order valence-corrected chi connectivity index (χ4v) is 1.59. The standard InChI is InChI=1S/C9H11OP/c1-7-3-4-9(6-11-10)8(2)5-7/h3-5H,6H2,1-2H3. The average molecular weight is 166 g/mol. The maximum atomic E-state index is 10.3. The summed E-state index contributed by atoms with van der Waals surface area (Å²) in [5, 5.41) is 0. The van der Waals surface area contributed by atoms with Crippen molar-refractivity contribution in [1.82, 2.24) is 0 Å². The van der Waals surface area contributed by atoms with Crippen LogP contribution in [0.1, 0.15) is 16.7 Å². The zero-order valence-electron chi connectivity index (χ0n) is 6.79. The van der Waals surface area contributed by atoms with Crippen molar-refractivity contribution in [3.63, 3.8) is 0 Å². The van der Waals surface area contributed by atoms with Gasteiger partial charge in [-0.05, 0) is 25.0 Å². The molecule has 0 aliphatic heterocycles. The summed E-state index contributed by atoms with van der Waals surface area (Å²) in [4.78, 5) is 0. The van der Waals surface area contributed by atoms with Crippen LogP contribution in [-0.2, 0) is 10.7 Å². The molecule has 1 aromatic carbocycles. The molecule has 1 nitrogen and oxygen atoms in total. The second-order valence-corrected chi connectivity index (χ2v) is 3.29. The van der Waals surface area contributed by atoms with Gasteiger partial charge in [0.1, 0.15) is 0 Å². The molecule has 0 aliphatic rings. The van der Waals surface area contributed by atoms with Gasteiger partial charge in [-0.25, -0.2) is 0 Å². The van der Waals surface area contributed by atoms with Crippen molar-refractivity contribution in [3.8, 4) is 0 Å². The summed E-state index contributed by atoms with van der Waals surface area (Å²) in [5.74, 6) is 0. The van der Waals surface area contributed by atoms with Crippen LogP contribution in [0.3, 0.4) is 0 Å². The molecule has 0 bridgehead atoms. The van der Waals surface area contributed by atoms with Crippen LogP contribution in [0.25, 0.3) is 0 Å². The molecule has 0 radical (unpaired) electrons. The van der Waals surface area contributed by atoms with Gasteiger partial charge in [0.25, 0.3) is 0 Å². The largest absolute Gasteiger partial charge is 0.275 e. The molecule has 1 rings (SSSR count). The molecule has 2 heteroatoms. The molecule has 58 valence electrons. The van der Waals surface area contributed by atoms with Crippen molar-refractivity contribution in [1.29, 1.82) is 0 Å². The Morgan fingerprint density at radius 2 is 2.09 bits per heavy atom. The summed E-state index contributed by atoms with van der Waals surface area (Å²) in [5.41, 5.74) is 3.66. The first-order valence-corrected chi connectivity index (χ1v) is 4.59. The van der Waals surface area contributed by atoms with Gasteiger partial charge in [-0.3, -0.25) is 4.57 Å². The first kappa shape index (κ1) is 8.42.